The average Bonchev–Trinajstić information content (AvgIpc) is 3.34. The molecule has 3 aromatic carbocycles. The average molecular weight is 450 g/mol. The van der Waals surface area contributed by atoms with Crippen molar-refractivity contribution in [3.8, 4) is 28.3 Å². The topological polar surface area (TPSA) is 78.3 Å². The van der Waals surface area contributed by atoms with Crippen LogP contribution in [0.25, 0.3) is 27.7 Å². The highest BCUT2D eigenvalue weighted by Gasteiger charge is 2.20. The number of amides is 1. The van der Waals surface area contributed by atoms with Gasteiger partial charge in [-0.05, 0) is 42.0 Å². The number of carbonyl (C=O) groups is 1. The van der Waals surface area contributed by atoms with E-state index in [1.54, 1.807) is 25.1 Å². The fourth-order valence-corrected chi connectivity index (χ4v) is 3.80. The van der Waals surface area contributed by atoms with Crippen molar-refractivity contribution in [2.24, 2.45) is 0 Å². The minimum Gasteiger partial charge on any atom is -0.493 e. The number of anilines is 1. The van der Waals surface area contributed by atoms with Gasteiger partial charge in [0.2, 0.25) is 0 Å². The van der Waals surface area contributed by atoms with Gasteiger partial charge in [0.05, 0.1) is 37.3 Å². The van der Waals surface area contributed by atoms with Gasteiger partial charge >= 0.3 is 0 Å². The van der Waals surface area contributed by atoms with Crippen molar-refractivity contribution >= 4 is 22.5 Å². The molecule has 0 bridgehead atoms. The maximum absolute atomic E-state index is 13.4. The number of rotatable bonds is 6. The summed E-state index contributed by atoms with van der Waals surface area (Å²) >= 11 is 0. The second-order valence-corrected chi connectivity index (χ2v) is 7.61. The third-order valence-corrected chi connectivity index (χ3v) is 5.49. The van der Waals surface area contributed by atoms with Gasteiger partial charge in [0, 0.05) is 17.1 Å². The molecule has 7 nitrogen and oxygen atoms in total. The van der Waals surface area contributed by atoms with Crippen LogP contribution in [0.2, 0.25) is 0 Å². The molecule has 0 aliphatic heterocycles. The SMILES string of the molecule is COc1ccc(-c2cn(-c3ccccc3)nc2C(=O)Nc2cnc3ccccc3c2)cc1OC. The molecule has 1 N–H and O–H groups in total. The lowest BCUT2D eigenvalue weighted by molar-refractivity contribution is 0.102. The number of para-hydroxylation sites is 2. The summed E-state index contributed by atoms with van der Waals surface area (Å²) in [5.41, 5.74) is 4.02. The van der Waals surface area contributed by atoms with Crippen molar-refractivity contribution in [3.05, 3.63) is 97.0 Å². The third kappa shape index (κ3) is 4.06. The standard InChI is InChI=1S/C27H22N4O3/c1-33-24-13-12-18(15-25(24)34-2)22-17-31(21-9-4-3-5-10-21)30-26(22)27(32)29-20-14-19-8-6-7-11-23(19)28-16-20/h3-17H,1-2H3,(H,29,32). The molecule has 7 heteroatoms. The zero-order valence-electron chi connectivity index (χ0n) is 18.7. The monoisotopic (exact) mass is 450 g/mol. The molecular weight excluding hydrogens is 428 g/mol. The van der Waals surface area contributed by atoms with Gasteiger partial charge in [-0.15, -0.1) is 0 Å². The van der Waals surface area contributed by atoms with Gasteiger partial charge in [0.15, 0.2) is 17.2 Å². The Morgan fingerprint density at radius 3 is 2.44 bits per heavy atom. The minimum absolute atomic E-state index is 0.282. The molecule has 0 spiro atoms. The molecule has 1 amide bonds. The summed E-state index contributed by atoms with van der Waals surface area (Å²) < 4.78 is 12.5. The summed E-state index contributed by atoms with van der Waals surface area (Å²) in [4.78, 5) is 17.8. The third-order valence-electron chi connectivity index (χ3n) is 5.49. The Hall–Kier alpha value is -4.65. The number of pyridine rings is 1. The fourth-order valence-electron chi connectivity index (χ4n) is 3.80. The van der Waals surface area contributed by atoms with E-state index < -0.39 is 0 Å². The van der Waals surface area contributed by atoms with Crippen LogP contribution in [0.4, 0.5) is 5.69 Å². The minimum atomic E-state index is -0.337. The molecule has 5 aromatic rings. The van der Waals surface area contributed by atoms with Crippen LogP contribution in [0.3, 0.4) is 0 Å². The largest absolute Gasteiger partial charge is 0.493 e. The van der Waals surface area contributed by atoms with E-state index in [9.17, 15) is 4.79 Å². The van der Waals surface area contributed by atoms with E-state index in [1.165, 1.54) is 0 Å². The van der Waals surface area contributed by atoms with E-state index in [1.807, 2.05) is 85.1 Å². The maximum atomic E-state index is 13.4. The van der Waals surface area contributed by atoms with Crippen LogP contribution >= 0.6 is 0 Å². The Bertz CT molecular complexity index is 1480. The van der Waals surface area contributed by atoms with E-state index >= 15 is 0 Å². The van der Waals surface area contributed by atoms with Gasteiger partial charge in [0.1, 0.15) is 0 Å². The predicted molar refractivity (Wildman–Crippen MR) is 132 cm³/mol. The predicted octanol–water partition coefficient (Wildman–Crippen LogP) is 5.36. The van der Waals surface area contributed by atoms with Crippen LogP contribution in [0.1, 0.15) is 10.5 Å². The van der Waals surface area contributed by atoms with Crippen LogP contribution in [0, 0.1) is 0 Å². The number of carbonyl (C=O) groups excluding carboxylic acids is 1. The molecule has 2 aromatic heterocycles. The first-order valence-corrected chi connectivity index (χ1v) is 10.7. The molecule has 34 heavy (non-hydrogen) atoms. The molecule has 0 aliphatic carbocycles. The van der Waals surface area contributed by atoms with E-state index in [4.69, 9.17) is 9.47 Å². The highest BCUT2D eigenvalue weighted by molar-refractivity contribution is 6.07. The van der Waals surface area contributed by atoms with Gasteiger partial charge < -0.3 is 14.8 Å². The molecule has 168 valence electrons. The van der Waals surface area contributed by atoms with Crippen LogP contribution in [-0.2, 0) is 0 Å². The zero-order valence-corrected chi connectivity index (χ0v) is 18.7. The summed E-state index contributed by atoms with van der Waals surface area (Å²) in [5, 5.41) is 8.51. The number of nitrogens with one attached hydrogen (secondary N) is 1. The molecular formula is C27H22N4O3. The highest BCUT2D eigenvalue weighted by Crippen LogP contribution is 2.34. The summed E-state index contributed by atoms with van der Waals surface area (Å²) in [5.74, 6) is 0.837. The number of methoxy groups -OCH3 is 2. The lowest BCUT2D eigenvalue weighted by Crippen LogP contribution is -2.14. The Balaban J connectivity index is 1.57. The molecule has 0 radical (unpaired) electrons. The highest BCUT2D eigenvalue weighted by atomic mass is 16.5. The summed E-state index contributed by atoms with van der Waals surface area (Å²) in [6.45, 7) is 0. The number of fused-ring (bicyclic) bond motifs is 1. The number of aromatic nitrogens is 3. The van der Waals surface area contributed by atoms with Crippen molar-refractivity contribution in [2.45, 2.75) is 0 Å². The van der Waals surface area contributed by atoms with E-state index in [2.05, 4.69) is 15.4 Å². The smallest absolute Gasteiger partial charge is 0.276 e. The summed E-state index contributed by atoms with van der Waals surface area (Å²) in [7, 11) is 3.16. The van der Waals surface area contributed by atoms with Crippen LogP contribution in [0.5, 0.6) is 11.5 Å². The first-order valence-electron chi connectivity index (χ1n) is 10.7. The Morgan fingerprint density at radius 2 is 1.65 bits per heavy atom. The van der Waals surface area contributed by atoms with Gasteiger partial charge in [-0.1, -0.05) is 42.5 Å². The lowest BCUT2D eigenvalue weighted by atomic mass is 10.1. The molecule has 0 unspecified atom stereocenters. The van der Waals surface area contributed by atoms with Crippen molar-refractivity contribution in [2.75, 3.05) is 19.5 Å². The number of hydrogen-bond donors (Lipinski definition) is 1. The molecule has 0 saturated carbocycles. The normalized spacial score (nSPS) is 10.8. The van der Waals surface area contributed by atoms with Gasteiger partial charge in [-0.2, -0.15) is 5.10 Å². The first kappa shape index (κ1) is 21.2. The first-order chi connectivity index (χ1) is 16.7. The zero-order chi connectivity index (χ0) is 23.5. The number of benzene rings is 3. The molecule has 0 atom stereocenters. The maximum Gasteiger partial charge on any atom is 0.276 e. The quantitative estimate of drug-likeness (QED) is 0.377. The van der Waals surface area contributed by atoms with Crippen molar-refractivity contribution < 1.29 is 14.3 Å². The second kappa shape index (κ2) is 9.07. The molecule has 0 saturated heterocycles. The molecule has 2 heterocycles. The van der Waals surface area contributed by atoms with E-state index in [0.29, 0.717) is 22.7 Å². The number of nitrogens with zero attached hydrogens (tertiary/aromatic N) is 3. The van der Waals surface area contributed by atoms with Gasteiger partial charge in [-0.3, -0.25) is 9.78 Å². The second-order valence-electron chi connectivity index (χ2n) is 7.61. The van der Waals surface area contributed by atoms with Gasteiger partial charge in [-0.25, -0.2) is 4.68 Å². The van der Waals surface area contributed by atoms with Crippen molar-refractivity contribution in [1.82, 2.24) is 14.8 Å². The number of hydrogen-bond acceptors (Lipinski definition) is 5. The van der Waals surface area contributed by atoms with Crippen molar-refractivity contribution in [3.63, 3.8) is 0 Å². The van der Waals surface area contributed by atoms with E-state index in [-0.39, 0.29) is 11.6 Å². The molecule has 0 aliphatic rings. The van der Waals surface area contributed by atoms with Crippen LogP contribution in [0.15, 0.2) is 91.3 Å². The van der Waals surface area contributed by atoms with Crippen LogP contribution in [-0.4, -0.2) is 34.9 Å². The van der Waals surface area contributed by atoms with Crippen molar-refractivity contribution in [1.29, 1.82) is 0 Å². The lowest BCUT2D eigenvalue weighted by Gasteiger charge is -2.10. The Morgan fingerprint density at radius 1 is 0.882 bits per heavy atom. The fraction of sp³-hybridized carbons (Fsp3) is 0.0741. The van der Waals surface area contributed by atoms with E-state index in [0.717, 1.165) is 22.2 Å². The summed E-state index contributed by atoms with van der Waals surface area (Å²) in [6.07, 6.45) is 3.48. The van der Waals surface area contributed by atoms with Crippen LogP contribution < -0.4 is 14.8 Å². The molecule has 0 fully saturated rings. The summed E-state index contributed by atoms with van der Waals surface area (Å²) in [6, 6.07) is 24.8. The molecule has 5 rings (SSSR count). The van der Waals surface area contributed by atoms with Gasteiger partial charge in [0.25, 0.3) is 5.91 Å². The Labute approximate surface area is 196 Å². The number of ether oxygens (including phenoxy) is 2. The Kier molecular flexibility index (Phi) is 5.66.